The van der Waals surface area contributed by atoms with Crippen molar-refractivity contribution < 1.29 is 0 Å². The van der Waals surface area contributed by atoms with Crippen LogP contribution in [0.2, 0.25) is 0 Å². The largest absolute Gasteiger partial charge is 0.368 e. The molecule has 0 amide bonds. The van der Waals surface area contributed by atoms with Crippen molar-refractivity contribution in [1.82, 2.24) is 14.6 Å². The molecule has 1 saturated carbocycles. The van der Waals surface area contributed by atoms with E-state index in [1.807, 2.05) is 23.0 Å². The topological polar surface area (TPSA) is 42.2 Å². The third-order valence-corrected chi connectivity index (χ3v) is 4.37. The van der Waals surface area contributed by atoms with E-state index < -0.39 is 0 Å². The monoisotopic (exact) mass is 244 g/mol. The molecule has 1 fully saturated rings. The van der Waals surface area contributed by atoms with Crippen LogP contribution >= 0.6 is 0 Å². The number of rotatable bonds is 4. The van der Waals surface area contributed by atoms with E-state index in [9.17, 15) is 0 Å². The Balaban J connectivity index is 1.78. The molecule has 3 rings (SSSR count). The van der Waals surface area contributed by atoms with Crippen LogP contribution in [0.5, 0.6) is 0 Å². The van der Waals surface area contributed by atoms with Gasteiger partial charge in [-0.25, -0.2) is 9.50 Å². The van der Waals surface area contributed by atoms with Crippen molar-refractivity contribution >= 4 is 11.3 Å². The normalized spacial score (nSPS) is 18.3. The van der Waals surface area contributed by atoms with E-state index in [-0.39, 0.29) is 0 Å². The van der Waals surface area contributed by atoms with Crippen molar-refractivity contribution in [3.05, 3.63) is 24.7 Å². The maximum atomic E-state index is 4.43. The van der Waals surface area contributed by atoms with Crippen LogP contribution in [0.4, 0.5) is 5.82 Å². The zero-order valence-corrected chi connectivity index (χ0v) is 10.9. The number of nitrogens with zero attached hydrogens (tertiary/aromatic N) is 3. The molecule has 2 aromatic heterocycles. The van der Waals surface area contributed by atoms with Crippen LogP contribution in [0.3, 0.4) is 0 Å². The summed E-state index contributed by atoms with van der Waals surface area (Å²) in [4.78, 5) is 4.43. The average molecular weight is 244 g/mol. The molecule has 0 unspecified atom stereocenters. The molecule has 0 atom stereocenters. The fourth-order valence-corrected chi connectivity index (χ4v) is 3.05. The summed E-state index contributed by atoms with van der Waals surface area (Å²) in [5.41, 5.74) is 1.54. The minimum absolute atomic E-state index is 0.481. The number of fused-ring (bicyclic) bond motifs is 1. The average Bonchev–Trinajstić information content (AvgIpc) is 3.06. The van der Waals surface area contributed by atoms with Crippen LogP contribution in [0.1, 0.15) is 39.0 Å². The van der Waals surface area contributed by atoms with Crippen LogP contribution in [0.25, 0.3) is 5.52 Å². The first-order valence-corrected chi connectivity index (χ1v) is 6.85. The molecule has 0 bridgehead atoms. The van der Waals surface area contributed by atoms with Gasteiger partial charge in [0.05, 0.1) is 6.20 Å². The predicted octanol–water partition coefficient (Wildman–Crippen LogP) is 3.11. The van der Waals surface area contributed by atoms with Gasteiger partial charge in [-0.3, -0.25) is 0 Å². The van der Waals surface area contributed by atoms with Crippen LogP contribution < -0.4 is 5.32 Å². The van der Waals surface area contributed by atoms with Gasteiger partial charge in [-0.15, -0.1) is 0 Å². The Morgan fingerprint density at radius 1 is 1.33 bits per heavy atom. The van der Waals surface area contributed by atoms with Crippen molar-refractivity contribution in [2.75, 3.05) is 11.9 Å². The molecule has 1 aliphatic carbocycles. The van der Waals surface area contributed by atoms with Gasteiger partial charge in [-0.1, -0.05) is 19.8 Å². The molecule has 0 saturated heterocycles. The second-order valence-corrected chi connectivity index (χ2v) is 5.35. The third-order valence-electron chi connectivity index (χ3n) is 4.37. The first-order valence-electron chi connectivity index (χ1n) is 6.85. The van der Waals surface area contributed by atoms with Crippen molar-refractivity contribution in [1.29, 1.82) is 0 Å². The van der Waals surface area contributed by atoms with Crippen LogP contribution in [-0.2, 0) is 0 Å². The lowest BCUT2D eigenvalue weighted by Gasteiger charge is -2.28. The molecule has 1 N–H and O–H groups in total. The lowest BCUT2D eigenvalue weighted by atomic mass is 9.83. The number of aromatic nitrogens is 3. The second kappa shape index (κ2) is 4.59. The smallest absolute Gasteiger partial charge is 0.152 e. The molecule has 0 spiro atoms. The molecule has 18 heavy (non-hydrogen) atoms. The minimum Gasteiger partial charge on any atom is -0.368 e. The highest BCUT2D eigenvalue weighted by Gasteiger charge is 2.31. The molecule has 4 heteroatoms. The van der Waals surface area contributed by atoms with E-state index in [2.05, 4.69) is 22.3 Å². The van der Waals surface area contributed by atoms with E-state index in [4.69, 9.17) is 0 Å². The van der Waals surface area contributed by atoms with E-state index in [1.54, 1.807) is 6.20 Å². The van der Waals surface area contributed by atoms with Crippen LogP contribution in [0.15, 0.2) is 24.7 Å². The van der Waals surface area contributed by atoms with Gasteiger partial charge in [0.25, 0.3) is 0 Å². The molecular formula is C14H20N4. The van der Waals surface area contributed by atoms with Crippen LogP contribution in [0, 0.1) is 5.41 Å². The highest BCUT2D eigenvalue weighted by Crippen LogP contribution is 2.40. The van der Waals surface area contributed by atoms with Gasteiger partial charge in [-0.2, -0.15) is 5.10 Å². The highest BCUT2D eigenvalue weighted by molar-refractivity contribution is 5.66. The lowest BCUT2D eigenvalue weighted by Crippen LogP contribution is -2.26. The summed E-state index contributed by atoms with van der Waals surface area (Å²) in [5.74, 6) is 0.953. The lowest BCUT2D eigenvalue weighted by molar-refractivity contribution is 0.306. The number of hydrogen-bond acceptors (Lipinski definition) is 3. The Morgan fingerprint density at radius 3 is 2.94 bits per heavy atom. The van der Waals surface area contributed by atoms with Gasteiger partial charge in [0.2, 0.25) is 0 Å². The SMILES string of the molecule is CCC1(CNc2nccn3nccc23)CCCC1. The summed E-state index contributed by atoms with van der Waals surface area (Å²) in [7, 11) is 0. The van der Waals surface area contributed by atoms with E-state index in [1.165, 1.54) is 32.1 Å². The highest BCUT2D eigenvalue weighted by atomic mass is 15.2. The number of anilines is 1. The van der Waals surface area contributed by atoms with Crippen LogP contribution in [-0.4, -0.2) is 21.1 Å². The Bertz CT molecular complexity index is 525. The fourth-order valence-electron chi connectivity index (χ4n) is 3.05. The molecule has 0 aliphatic heterocycles. The van der Waals surface area contributed by atoms with Crippen molar-refractivity contribution in [3.63, 3.8) is 0 Å². The van der Waals surface area contributed by atoms with Gasteiger partial charge in [-0.05, 0) is 30.7 Å². The molecule has 1 aliphatic rings. The van der Waals surface area contributed by atoms with Gasteiger partial charge < -0.3 is 5.32 Å². The molecule has 2 aromatic rings. The summed E-state index contributed by atoms with van der Waals surface area (Å²) in [5, 5.41) is 7.77. The summed E-state index contributed by atoms with van der Waals surface area (Å²) in [6.45, 7) is 3.33. The second-order valence-electron chi connectivity index (χ2n) is 5.35. The zero-order chi connectivity index (χ0) is 12.4. The standard InChI is InChI=1S/C14H20N4/c1-2-14(6-3-4-7-14)11-16-13-12-5-8-17-18(12)10-9-15-13/h5,8-10H,2-4,6-7,11H2,1H3,(H,15,16). The quantitative estimate of drug-likeness (QED) is 0.898. The Morgan fingerprint density at radius 2 is 2.17 bits per heavy atom. The first kappa shape index (κ1) is 11.5. The van der Waals surface area contributed by atoms with E-state index in [0.717, 1.165) is 17.9 Å². The van der Waals surface area contributed by atoms with Gasteiger partial charge >= 0.3 is 0 Å². The maximum absolute atomic E-state index is 4.43. The molecule has 0 radical (unpaired) electrons. The maximum Gasteiger partial charge on any atom is 0.152 e. The first-order chi connectivity index (χ1) is 8.83. The Kier molecular flexibility index (Phi) is 2.94. The van der Waals surface area contributed by atoms with Crippen molar-refractivity contribution in [3.8, 4) is 0 Å². The summed E-state index contributed by atoms with van der Waals surface area (Å²) >= 11 is 0. The molecule has 0 aromatic carbocycles. The molecular weight excluding hydrogens is 224 g/mol. The summed E-state index contributed by atoms with van der Waals surface area (Å²) < 4.78 is 1.86. The van der Waals surface area contributed by atoms with Gasteiger partial charge in [0, 0.05) is 18.9 Å². The number of hydrogen-bond donors (Lipinski definition) is 1. The molecule has 4 nitrogen and oxygen atoms in total. The fraction of sp³-hybridized carbons (Fsp3) is 0.571. The Hall–Kier alpha value is -1.58. The van der Waals surface area contributed by atoms with Crippen molar-refractivity contribution in [2.24, 2.45) is 5.41 Å². The summed E-state index contributed by atoms with van der Waals surface area (Å²) in [6.07, 6.45) is 12.2. The van der Waals surface area contributed by atoms with Crippen molar-refractivity contribution in [2.45, 2.75) is 39.0 Å². The molecule has 96 valence electrons. The predicted molar refractivity (Wildman–Crippen MR) is 72.7 cm³/mol. The Labute approximate surface area is 107 Å². The third kappa shape index (κ3) is 1.96. The number of nitrogens with one attached hydrogen (secondary N) is 1. The van der Waals surface area contributed by atoms with E-state index in [0.29, 0.717) is 5.41 Å². The minimum atomic E-state index is 0.481. The van der Waals surface area contributed by atoms with Gasteiger partial charge in [0.1, 0.15) is 5.52 Å². The molecule has 2 heterocycles. The van der Waals surface area contributed by atoms with E-state index >= 15 is 0 Å². The zero-order valence-electron chi connectivity index (χ0n) is 10.9. The summed E-state index contributed by atoms with van der Waals surface area (Å²) in [6, 6.07) is 2.00. The van der Waals surface area contributed by atoms with Gasteiger partial charge in [0.15, 0.2) is 5.82 Å².